The first-order valence-electron chi connectivity index (χ1n) is 12.7. The molecule has 0 aromatic heterocycles. The van der Waals surface area contributed by atoms with E-state index >= 15 is 0 Å². The summed E-state index contributed by atoms with van der Waals surface area (Å²) in [7, 11) is 3.44. The van der Waals surface area contributed by atoms with Crippen molar-refractivity contribution in [3.05, 3.63) is 0 Å². The molecule has 0 aliphatic heterocycles. The summed E-state index contributed by atoms with van der Waals surface area (Å²) in [5, 5.41) is 0. The molecular weight excluding hydrogens is 429 g/mol. The van der Waals surface area contributed by atoms with E-state index in [0.29, 0.717) is 24.2 Å². The summed E-state index contributed by atoms with van der Waals surface area (Å²) in [4.78, 5) is 9.77. The summed E-state index contributed by atoms with van der Waals surface area (Å²) < 4.78 is 33.6. The Hall–Kier alpha value is -0.0100. The van der Waals surface area contributed by atoms with Gasteiger partial charge in [0, 0.05) is 13.7 Å². The number of unbranched alkanes of at least 4 members (excludes halogenated alkanes) is 12. The summed E-state index contributed by atoms with van der Waals surface area (Å²) in [6.45, 7) is 4.02. The highest BCUT2D eigenvalue weighted by atomic mass is 31.2. The van der Waals surface area contributed by atoms with Gasteiger partial charge in [0.2, 0.25) is 0 Å². The molecular formula is C24H53NO6P+. The van der Waals surface area contributed by atoms with Gasteiger partial charge in [-0.1, -0.05) is 84.0 Å². The molecule has 194 valence electrons. The van der Waals surface area contributed by atoms with Crippen LogP contribution in [0, 0.1) is 0 Å². The van der Waals surface area contributed by atoms with Crippen LogP contribution >= 0.6 is 7.82 Å². The number of hydrogen-bond acceptors (Lipinski definition) is 5. The molecule has 0 aromatic carbocycles. The molecule has 0 aliphatic rings. The fraction of sp³-hybridized carbons (Fsp3) is 1.00. The van der Waals surface area contributed by atoms with E-state index in [4.69, 9.17) is 18.5 Å². The normalized spacial score (nSPS) is 15.1. The van der Waals surface area contributed by atoms with Gasteiger partial charge < -0.3 is 18.9 Å². The summed E-state index contributed by atoms with van der Waals surface area (Å²) in [5.41, 5.74) is 0. The molecule has 0 spiro atoms. The van der Waals surface area contributed by atoms with Gasteiger partial charge in [0.1, 0.15) is 19.3 Å². The predicted molar refractivity (Wildman–Crippen MR) is 132 cm³/mol. The fourth-order valence-corrected chi connectivity index (χ4v) is 4.01. The number of hydrogen-bond donors (Lipinski definition) is 1. The topological polar surface area (TPSA) is 74.2 Å². The van der Waals surface area contributed by atoms with Gasteiger partial charge in [-0.25, -0.2) is 4.57 Å². The molecule has 0 amide bonds. The third-order valence-corrected chi connectivity index (χ3v) is 6.45. The second-order valence-corrected chi connectivity index (χ2v) is 11.2. The van der Waals surface area contributed by atoms with Crippen molar-refractivity contribution < 1.29 is 32.5 Å². The molecule has 0 saturated carbocycles. The van der Waals surface area contributed by atoms with Gasteiger partial charge in [-0.05, 0) is 6.42 Å². The molecule has 0 heterocycles. The maximum absolute atomic E-state index is 11.9. The quantitative estimate of drug-likeness (QED) is 0.104. The minimum atomic E-state index is -4.07. The van der Waals surface area contributed by atoms with Crippen LogP contribution in [0.2, 0.25) is 0 Å². The second kappa shape index (κ2) is 20.4. The zero-order valence-electron chi connectivity index (χ0n) is 21.7. The highest BCUT2D eigenvalue weighted by molar-refractivity contribution is 7.47. The monoisotopic (exact) mass is 482 g/mol. The van der Waals surface area contributed by atoms with Crippen LogP contribution in [-0.4, -0.2) is 76.7 Å². The Morgan fingerprint density at radius 3 is 1.72 bits per heavy atom. The van der Waals surface area contributed by atoms with Crippen LogP contribution in [-0.2, 0) is 23.1 Å². The SMILES string of the molecule is CCCCCCCCCCCCCCCOCC(COP(=O)(O)OCC[N+](C)(C)C)OC. The number of rotatable bonds is 24. The molecule has 0 saturated heterocycles. The lowest BCUT2D eigenvalue weighted by molar-refractivity contribution is -0.870. The summed E-state index contributed by atoms with van der Waals surface area (Å²) in [6, 6.07) is 0. The molecule has 0 rings (SSSR count). The minimum Gasteiger partial charge on any atom is -0.379 e. The fourth-order valence-electron chi connectivity index (χ4n) is 3.27. The van der Waals surface area contributed by atoms with E-state index in [1.807, 2.05) is 21.1 Å². The zero-order valence-corrected chi connectivity index (χ0v) is 22.6. The summed E-state index contributed by atoms with van der Waals surface area (Å²) in [5.74, 6) is 0. The zero-order chi connectivity index (χ0) is 24.1. The molecule has 0 aromatic rings. The number of likely N-dealkylation sites (N-methyl/N-ethyl adjacent to an activating group) is 1. The minimum absolute atomic E-state index is 0.0345. The van der Waals surface area contributed by atoms with Crippen LogP contribution < -0.4 is 0 Å². The van der Waals surface area contributed by atoms with Gasteiger partial charge in [-0.15, -0.1) is 0 Å². The van der Waals surface area contributed by atoms with Crippen molar-refractivity contribution in [2.75, 3.05) is 61.2 Å². The van der Waals surface area contributed by atoms with Gasteiger partial charge in [0.25, 0.3) is 0 Å². The second-order valence-electron chi connectivity index (χ2n) is 9.79. The van der Waals surface area contributed by atoms with E-state index in [-0.39, 0.29) is 19.3 Å². The van der Waals surface area contributed by atoms with Crippen molar-refractivity contribution in [1.29, 1.82) is 0 Å². The molecule has 0 radical (unpaired) electrons. The third kappa shape index (κ3) is 23.2. The Balaban J connectivity index is 3.56. The molecule has 0 aliphatic carbocycles. The van der Waals surface area contributed by atoms with Crippen molar-refractivity contribution in [2.45, 2.75) is 96.5 Å². The number of quaternary nitrogens is 1. The van der Waals surface area contributed by atoms with E-state index in [1.54, 1.807) is 7.11 Å². The van der Waals surface area contributed by atoms with E-state index in [1.165, 1.54) is 77.0 Å². The number of nitrogens with zero attached hydrogens (tertiary/aromatic N) is 1. The van der Waals surface area contributed by atoms with E-state index in [0.717, 1.165) is 6.42 Å². The van der Waals surface area contributed by atoms with Crippen LogP contribution in [0.15, 0.2) is 0 Å². The first-order chi connectivity index (χ1) is 15.2. The van der Waals surface area contributed by atoms with Crippen molar-refractivity contribution in [2.24, 2.45) is 0 Å². The Bertz CT molecular complexity index is 458. The van der Waals surface area contributed by atoms with Crippen molar-refractivity contribution >= 4 is 7.82 Å². The number of phosphoric ester groups is 1. The van der Waals surface area contributed by atoms with Gasteiger partial charge in [0.05, 0.1) is 34.4 Å². The molecule has 0 fully saturated rings. The van der Waals surface area contributed by atoms with Crippen LogP contribution in [0.25, 0.3) is 0 Å². The number of methoxy groups -OCH3 is 1. The van der Waals surface area contributed by atoms with Crippen LogP contribution in [0.1, 0.15) is 90.4 Å². The summed E-state index contributed by atoms with van der Waals surface area (Å²) in [6.07, 6.45) is 16.8. The average Bonchev–Trinajstić information content (AvgIpc) is 2.72. The van der Waals surface area contributed by atoms with Crippen LogP contribution in [0.4, 0.5) is 0 Å². The van der Waals surface area contributed by atoms with E-state index in [9.17, 15) is 9.46 Å². The van der Waals surface area contributed by atoms with Crippen LogP contribution in [0.3, 0.4) is 0 Å². The Morgan fingerprint density at radius 1 is 0.750 bits per heavy atom. The molecule has 2 atom stereocenters. The largest absolute Gasteiger partial charge is 0.472 e. The third-order valence-electron chi connectivity index (χ3n) is 5.47. The van der Waals surface area contributed by atoms with Crippen molar-refractivity contribution in [1.82, 2.24) is 0 Å². The van der Waals surface area contributed by atoms with Gasteiger partial charge in [-0.2, -0.15) is 0 Å². The lowest BCUT2D eigenvalue weighted by Gasteiger charge is -2.24. The lowest BCUT2D eigenvalue weighted by atomic mass is 10.0. The van der Waals surface area contributed by atoms with Gasteiger partial charge in [-0.3, -0.25) is 9.05 Å². The molecule has 32 heavy (non-hydrogen) atoms. The highest BCUT2D eigenvalue weighted by Crippen LogP contribution is 2.43. The maximum Gasteiger partial charge on any atom is 0.472 e. The highest BCUT2D eigenvalue weighted by Gasteiger charge is 2.24. The molecule has 1 N–H and O–H groups in total. The lowest BCUT2D eigenvalue weighted by Crippen LogP contribution is -2.37. The predicted octanol–water partition coefficient (Wildman–Crippen LogP) is 5.95. The standard InChI is InChI=1S/C24H52NO6P/c1-6-7-8-9-10-11-12-13-14-15-16-17-18-20-29-22-24(28-5)23-31-32(26,27)30-21-19-25(2,3)4/h24H,6-23H2,1-5H3/p+1. The summed E-state index contributed by atoms with van der Waals surface area (Å²) >= 11 is 0. The number of ether oxygens (including phenoxy) is 2. The first-order valence-corrected chi connectivity index (χ1v) is 14.2. The van der Waals surface area contributed by atoms with E-state index in [2.05, 4.69) is 6.92 Å². The van der Waals surface area contributed by atoms with E-state index < -0.39 is 7.82 Å². The van der Waals surface area contributed by atoms with Crippen molar-refractivity contribution in [3.63, 3.8) is 0 Å². The average molecular weight is 483 g/mol. The van der Waals surface area contributed by atoms with Gasteiger partial charge in [0.15, 0.2) is 0 Å². The van der Waals surface area contributed by atoms with Crippen molar-refractivity contribution in [3.8, 4) is 0 Å². The molecule has 8 heteroatoms. The Labute approximate surface area is 198 Å². The van der Waals surface area contributed by atoms with Gasteiger partial charge >= 0.3 is 7.82 Å². The number of phosphoric acid groups is 1. The molecule has 7 nitrogen and oxygen atoms in total. The first kappa shape index (κ1) is 32.0. The van der Waals surface area contributed by atoms with Crippen LogP contribution in [0.5, 0.6) is 0 Å². The maximum atomic E-state index is 11.9. The Morgan fingerprint density at radius 2 is 1.25 bits per heavy atom. The Kier molecular flexibility index (Phi) is 20.4. The smallest absolute Gasteiger partial charge is 0.379 e. The molecule has 2 unspecified atom stereocenters. The molecule has 0 bridgehead atoms.